The maximum atomic E-state index is 12.3. The number of hydrogen-bond acceptors (Lipinski definition) is 3. The topological polar surface area (TPSA) is 72.2 Å². The molecule has 0 bridgehead atoms. The van der Waals surface area contributed by atoms with Crippen molar-refractivity contribution in [3.63, 3.8) is 0 Å². The van der Waals surface area contributed by atoms with Crippen molar-refractivity contribution in [2.75, 3.05) is 10.5 Å². The van der Waals surface area contributed by atoms with Crippen LogP contribution in [0.2, 0.25) is 0 Å². The Balaban J connectivity index is 2.19. The molecule has 0 unspecified atom stereocenters. The summed E-state index contributed by atoms with van der Waals surface area (Å²) in [5.41, 5.74) is 7.78. The van der Waals surface area contributed by atoms with E-state index in [1.54, 1.807) is 18.2 Å². The number of benzene rings is 1. The van der Waals surface area contributed by atoms with Crippen molar-refractivity contribution in [3.8, 4) is 0 Å². The highest BCUT2D eigenvalue weighted by Crippen LogP contribution is 2.27. The highest BCUT2D eigenvalue weighted by molar-refractivity contribution is 7.93. The third kappa shape index (κ3) is 2.77. The van der Waals surface area contributed by atoms with Gasteiger partial charge in [-0.2, -0.15) is 0 Å². The van der Waals surface area contributed by atoms with Crippen LogP contribution in [-0.2, 0) is 10.0 Å². The summed E-state index contributed by atoms with van der Waals surface area (Å²) in [6, 6.07) is 5.29. The summed E-state index contributed by atoms with van der Waals surface area (Å²) in [6.45, 7) is 1.83. The first-order chi connectivity index (χ1) is 8.50. The van der Waals surface area contributed by atoms with Crippen molar-refractivity contribution in [2.45, 2.75) is 44.3 Å². The molecule has 0 spiro atoms. The Hall–Kier alpha value is -1.23. The molecule has 0 heterocycles. The largest absolute Gasteiger partial charge is 0.398 e. The van der Waals surface area contributed by atoms with Gasteiger partial charge >= 0.3 is 0 Å². The average Bonchev–Trinajstić information content (AvgIpc) is 2.36. The number of nitrogen functional groups attached to an aromatic ring is 1. The molecule has 100 valence electrons. The van der Waals surface area contributed by atoms with Gasteiger partial charge in [0.2, 0.25) is 10.0 Å². The van der Waals surface area contributed by atoms with Crippen LogP contribution in [-0.4, -0.2) is 13.7 Å². The molecule has 0 amide bonds. The lowest BCUT2D eigenvalue weighted by molar-refractivity contribution is 0.486. The maximum Gasteiger partial charge on any atom is 0.235 e. The maximum absolute atomic E-state index is 12.3. The van der Waals surface area contributed by atoms with E-state index in [0.29, 0.717) is 11.4 Å². The first kappa shape index (κ1) is 13.2. The van der Waals surface area contributed by atoms with E-state index in [0.717, 1.165) is 37.7 Å². The fraction of sp³-hybridized carbons (Fsp3) is 0.538. The zero-order valence-corrected chi connectivity index (χ0v) is 11.5. The fourth-order valence-corrected chi connectivity index (χ4v) is 4.02. The Morgan fingerprint density at radius 2 is 1.89 bits per heavy atom. The molecule has 1 aromatic carbocycles. The van der Waals surface area contributed by atoms with Crippen LogP contribution >= 0.6 is 0 Å². The van der Waals surface area contributed by atoms with Gasteiger partial charge in [-0.15, -0.1) is 0 Å². The van der Waals surface area contributed by atoms with Crippen molar-refractivity contribution in [2.24, 2.45) is 0 Å². The summed E-state index contributed by atoms with van der Waals surface area (Å²) in [5, 5.41) is -0.257. The predicted molar refractivity (Wildman–Crippen MR) is 75.0 cm³/mol. The molecule has 4 nitrogen and oxygen atoms in total. The summed E-state index contributed by atoms with van der Waals surface area (Å²) in [6.07, 6.45) is 4.67. The molecule has 18 heavy (non-hydrogen) atoms. The number of nitrogens with one attached hydrogen (secondary N) is 1. The molecule has 1 aliphatic carbocycles. The zero-order chi connectivity index (χ0) is 13.2. The Morgan fingerprint density at radius 3 is 2.56 bits per heavy atom. The highest BCUT2D eigenvalue weighted by atomic mass is 32.2. The summed E-state index contributed by atoms with van der Waals surface area (Å²) < 4.78 is 27.2. The number of rotatable bonds is 3. The molecule has 2 rings (SSSR count). The van der Waals surface area contributed by atoms with Gasteiger partial charge in [0.1, 0.15) is 0 Å². The normalized spacial score (nSPS) is 17.6. The molecular formula is C13H20N2O2S. The van der Waals surface area contributed by atoms with Gasteiger partial charge in [0, 0.05) is 5.69 Å². The molecule has 5 heteroatoms. The van der Waals surface area contributed by atoms with Gasteiger partial charge in [-0.3, -0.25) is 4.72 Å². The lowest BCUT2D eigenvalue weighted by Crippen LogP contribution is -2.30. The molecule has 0 atom stereocenters. The van der Waals surface area contributed by atoms with Crippen LogP contribution in [0.4, 0.5) is 11.4 Å². The average molecular weight is 268 g/mol. The smallest absolute Gasteiger partial charge is 0.235 e. The minimum Gasteiger partial charge on any atom is -0.398 e. The van der Waals surface area contributed by atoms with Crippen LogP contribution in [0, 0.1) is 6.92 Å². The first-order valence-corrected chi connectivity index (χ1v) is 7.92. The van der Waals surface area contributed by atoms with E-state index in [2.05, 4.69) is 4.72 Å². The van der Waals surface area contributed by atoms with Crippen molar-refractivity contribution < 1.29 is 8.42 Å². The summed E-state index contributed by atoms with van der Waals surface area (Å²) in [5.74, 6) is 0. The number of anilines is 2. The molecule has 0 aliphatic heterocycles. The molecule has 0 saturated heterocycles. The molecular weight excluding hydrogens is 248 g/mol. The van der Waals surface area contributed by atoms with E-state index in [9.17, 15) is 8.42 Å². The molecule has 0 aromatic heterocycles. The van der Waals surface area contributed by atoms with Gasteiger partial charge in [0.25, 0.3) is 0 Å². The molecule has 3 N–H and O–H groups in total. The Bertz CT molecular complexity index is 520. The number of sulfonamides is 1. The van der Waals surface area contributed by atoms with Crippen LogP contribution in [0.25, 0.3) is 0 Å². The SMILES string of the molecule is Cc1c(N)cccc1NS(=O)(=O)C1CCCCC1. The molecule has 0 radical (unpaired) electrons. The summed E-state index contributed by atoms with van der Waals surface area (Å²) >= 11 is 0. The lowest BCUT2D eigenvalue weighted by atomic mass is 10.0. The van der Waals surface area contributed by atoms with E-state index in [4.69, 9.17) is 5.73 Å². The molecule has 1 saturated carbocycles. The molecule has 1 aromatic rings. The fourth-order valence-electron chi connectivity index (χ4n) is 2.38. The second kappa shape index (κ2) is 5.18. The van der Waals surface area contributed by atoms with Crippen molar-refractivity contribution in [1.82, 2.24) is 0 Å². The van der Waals surface area contributed by atoms with Crippen LogP contribution in [0.1, 0.15) is 37.7 Å². The van der Waals surface area contributed by atoms with Gasteiger partial charge in [0.15, 0.2) is 0 Å². The zero-order valence-electron chi connectivity index (χ0n) is 10.6. The monoisotopic (exact) mass is 268 g/mol. The van der Waals surface area contributed by atoms with Gasteiger partial charge in [0.05, 0.1) is 10.9 Å². The number of nitrogens with two attached hydrogens (primary N) is 1. The quantitative estimate of drug-likeness (QED) is 0.828. The van der Waals surface area contributed by atoms with Crippen molar-refractivity contribution in [3.05, 3.63) is 23.8 Å². The van der Waals surface area contributed by atoms with Crippen LogP contribution in [0.3, 0.4) is 0 Å². The van der Waals surface area contributed by atoms with Crippen molar-refractivity contribution in [1.29, 1.82) is 0 Å². The number of hydrogen-bond donors (Lipinski definition) is 2. The predicted octanol–water partition coefficient (Wildman–Crippen LogP) is 2.65. The second-order valence-electron chi connectivity index (χ2n) is 4.93. The third-order valence-electron chi connectivity index (χ3n) is 3.62. The van der Waals surface area contributed by atoms with Crippen LogP contribution in [0.15, 0.2) is 18.2 Å². The minimum atomic E-state index is -3.28. The van der Waals surface area contributed by atoms with Crippen LogP contribution in [0.5, 0.6) is 0 Å². The summed E-state index contributed by atoms with van der Waals surface area (Å²) in [7, 11) is -3.28. The van der Waals surface area contributed by atoms with Gasteiger partial charge < -0.3 is 5.73 Å². The standard InChI is InChI=1S/C13H20N2O2S/c1-10-12(14)8-5-9-13(10)15-18(16,17)11-6-3-2-4-7-11/h5,8-9,11,15H,2-4,6-7,14H2,1H3. The van der Waals surface area contributed by atoms with Gasteiger partial charge in [-0.05, 0) is 37.5 Å². The molecule has 1 aliphatic rings. The Kier molecular flexibility index (Phi) is 3.80. The highest BCUT2D eigenvalue weighted by Gasteiger charge is 2.27. The van der Waals surface area contributed by atoms with E-state index in [1.807, 2.05) is 6.92 Å². The lowest BCUT2D eigenvalue weighted by Gasteiger charge is -2.23. The van der Waals surface area contributed by atoms with E-state index in [1.165, 1.54) is 0 Å². The van der Waals surface area contributed by atoms with Crippen LogP contribution < -0.4 is 10.5 Å². The first-order valence-electron chi connectivity index (χ1n) is 6.37. The van der Waals surface area contributed by atoms with Gasteiger partial charge in [-0.1, -0.05) is 25.3 Å². The van der Waals surface area contributed by atoms with E-state index in [-0.39, 0.29) is 5.25 Å². The Labute approximate surface area is 109 Å². The van der Waals surface area contributed by atoms with Gasteiger partial charge in [-0.25, -0.2) is 8.42 Å². The molecule has 1 fully saturated rings. The second-order valence-corrected chi connectivity index (χ2v) is 6.89. The van der Waals surface area contributed by atoms with E-state index >= 15 is 0 Å². The van der Waals surface area contributed by atoms with E-state index < -0.39 is 10.0 Å². The van der Waals surface area contributed by atoms with Crippen molar-refractivity contribution >= 4 is 21.4 Å². The minimum absolute atomic E-state index is 0.257. The third-order valence-corrected chi connectivity index (χ3v) is 5.47. The summed E-state index contributed by atoms with van der Waals surface area (Å²) in [4.78, 5) is 0. The Morgan fingerprint density at radius 1 is 1.22 bits per heavy atom.